The highest BCUT2D eigenvalue weighted by Gasteiger charge is 2.22. The Morgan fingerprint density at radius 3 is 2.55 bits per heavy atom. The average Bonchev–Trinajstić information content (AvgIpc) is 3.22. The van der Waals surface area contributed by atoms with Gasteiger partial charge in [0.25, 0.3) is 5.91 Å². The van der Waals surface area contributed by atoms with E-state index in [2.05, 4.69) is 0 Å². The molecule has 0 aliphatic rings. The van der Waals surface area contributed by atoms with Gasteiger partial charge in [-0.1, -0.05) is 41.9 Å². The minimum atomic E-state index is -0.392. The number of hydrogen-bond donors (Lipinski definition) is 0. The lowest BCUT2D eigenvalue weighted by Gasteiger charge is -2.21. The van der Waals surface area contributed by atoms with Crippen molar-refractivity contribution in [3.63, 3.8) is 0 Å². The van der Waals surface area contributed by atoms with Crippen LogP contribution >= 0.6 is 11.6 Å². The molecule has 1 amide bonds. The largest absolute Gasteiger partial charge is 0.467 e. The van der Waals surface area contributed by atoms with Gasteiger partial charge in [-0.05, 0) is 42.3 Å². The first-order chi connectivity index (χ1) is 14.0. The normalized spacial score (nSPS) is 11.0. The second-order valence-corrected chi connectivity index (χ2v) is 7.21. The summed E-state index contributed by atoms with van der Waals surface area (Å²) in [5.41, 5.74) is 1.75. The van der Waals surface area contributed by atoms with E-state index in [-0.39, 0.29) is 17.7 Å². The molecular formula is C23H18ClNO4. The van der Waals surface area contributed by atoms with Crippen LogP contribution in [0.15, 0.2) is 80.6 Å². The standard InChI is InChI=1S/C23H18ClNO4/c1-15-10-21-18(11-19(15)24)20(26)12-22(29-21)23(27)25(14-17-8-5-9-28-17)13-16-6-3-2-4-7-16/h2-12H,13-14H2,1H3. The van der Waals surface area contributed by atoms with Crippen molar-refractivity contribution in [2.75, 3.05) is 0 Å². The first-order valence-corrected chi connectivity index (χ1v) is 9.48. The molecule has 0 spiro atoms. The van der Waals surface area contributed by atoms with E-state index in [0.29, 0.717) is 28.3 Å². The van der Waals surface area contributed by atoms with Crippen LogP contribution in [0, 0.1) is 6.92 Å². The van der Waals surface area contributed by atoms with Crippen molar-refractivity contribution < 1.29 is 13.6 Å². The highest BCUT2D eigenvalue weighted by atomic mass is 35.5. The molecule has 2 heterocycles. The van der Waals surface area contributed by atoms with Gasteiger partial charge in [0, 0.05) is 17.6 Å². The van der Waals surface area contributed by atoms with E-state index < -0.39 is 5.91 Å². The van der Waals surface area contributed by atoms with E-state index in [9.17, 15) is 9.59 Å². The van der Waals surface area contributed by atoms with Gasteiger partial charge < -0.3 is 13.7 Å². The zero-order chi connectivity index (χ0) is 20.4. The number of nitrogens with zero attached hydrogens (tertiary/aromatic N) is 1. The van der Waals surface area contributed by atoms with Crippen LogP contribution in [0.3, 0.4) is 0 Å². The van der Waals surface area contributed by atoms with Crippen LogP contribution in [-0.2, 0) is 13.1 Å². The molecule has 0 bridgehead atoms. The summed E-state index contributed by atoms with van der Waals surface area (Å²) < 4.78 is 11.2. The number of furan rings is 1. The highest BCUT2D eigenvalue weighted by Crippen LogP contribution is 2.23. The lowest BCUT2D eigenvalue weighted by molar-refractivity contribution is 0.0686. The predicted octanol–water partition coefficient (Wildman–Crippen LogP) is 5.19. The molecule has 0 unspecified atom stereocenters. The molecule has 4 aromatic rings. The van der Waals surface area contributed by atoms with E-state index in [0.717, 1.165) is 11.1 Å². The number of aryl methyl sites for hydroxylation is 1. The maximum atomic E-state index is 13.2. The van der Waals surface area contributed by atoms with Crippen LogP contribution in [0.5, 0.6) is 0 Å². The molecule has 0 saturated heterocycles. The Bertz CT molecular complexity index is 1210. The monoisotopic (exact) mass is 407 g/mol. The van der Waals surface area contributed by atoms with Crippen LogP contribution in [0.1, 0.15) is 27.4 Å². The van der Waals surface area contributed by atoms with Crippen LogP contribution in [0.4, 0.5) is 0 Å². The molecule has 0 fully saturated rings. The van der Waals surface area contributed by atoms with Crippen molar-refractivity contribution >= 4 is 28.5 Å². The van der Waals surface area contributed by atoms with Gasteiger partial charge >= 0.3 is 0 Å². The number of fused-ring (bicyclic) bond motifs is 1. The lowest BCUT2D eigenvalue weighted by atomic mass is 10.1. The maximum absolute atomic E-state index is 13.2. The van der Waals surface area contributed by atoms with Crippen molar-refractivity contribution in [1.82, 2.24) is 4.90 Å². The molecule has 6 heteroatoms. The zero-order valence-corrected chi connectivity index (χ0v) is 16.5. The molecule has 0 N–H and O–H groups in total. The van der Waals surface area contributed by atoms with Gasteiger partial charge in [-0.2, -0.15) is 0 Å². The van der Waals surface area contributed by atoms with E-state index >= 15 is 0 Å². The summed E-state index contributed by atoms with van der Waals surface area (Å²) in [6, 6.07) is 17.6. The van der Waals surface area contributed by atoms with Gasteiger partial charge in [0.05, 0.1) is 18.2 Å². The third-order valence-corrected chi connectivity index (χ3v) is 5.06. The Morgan fingerprint density at radius 2 is 1.83 bits per heavy atom. The third kappa shape index (κ3) is 4.10. The van der Waals surface area contributed by atoms with Gasteiger partial charge in [-0.25, -0.2) is 0 Å². The molecule has 0 radical (unpaired) electrons. The second-order valence-electron chi connectivity index (χ2n) is 6.80. The molecule has 0 aliphatic heterocycles. The van der Waals surface area contributed by atoms with E-state index in [1.807, 2.05) is 37.3 Å². The topological polar surface area (TPSA) is 63.7 Å². The summed E-state index contributed by atoms with van der Waals surface area (Å²) in [5.74, 6) is 0.226. The fourth-order valence-electron chi connectivity index (χ4n) is 3.13. The van der Waals surface area contributed by atoms with Crippen LogP contribution in [-0.4, -0.2) is 10.8 Å². The quantitative estimate of drug-likeness (QED) is 0.456. The van der Waals surface area contributed by atoms with Gasteiger partial charge in [-0.15, -0.1) is 0 Å². The molecular weight excluding hydrogens is 390 g/mol. The van der Waals surface area contributed by atoms with Gasteiger partial charge in [0.2, 0.25) is 0 Å². The van der Waals surface area contributed by atoms with E-state index in [4.69, 9.17) is 20.4 Å². The maximum Gasteiger partial charge on any atom is 0.290 e. The molecule has 0 aliphatic carbocycles. The van der Waals surface area contributed by atoms with Crippen molar-refractivity contribution in [3.8, 4) is 0 Å². The first-order valence-electron chi connectivity index (χ1n) is 9.11. The molecule has 2 aromatic carbocycles. The molecule has 5 nitrogen and oxygen atoms in total. The third-order valence-electron chi connectivity index (χ3n) is 4.65. The second kappa shape index (κ2) is 7.97. The fourth-order valence-corrected chi connectivity index (χ4v) is 3.30. The van der Waals surface area contributed by atoms with E-state index in [1.54, 1.807) is 35.4 Å². The molecule has 4 rings (SSSR count). The number of amides is 1. The van der Waals surface area contributed by atoms with Crippen molar-refractivity contribution in [1.29, 1.82) is 0 Å². The Balaban J connectivity index is 1.73. The molecule has 0 saturated carbocycles. The summed E-state index contributed by atoms with van der Waals surface area (Å²) in [6.07, 6.45) is 1.56. The first kappa shape index (κ1) is 19.0. The number of rotatable bonds is 5. The van der Waals surface area contributed by atoms with Crippen molar-refractivity contribution in [2.45, 2.75) is 20.0 Å². The van der Waals surface area contributed by atoms with Crippen LogP contribution in [0.25, 0.3) is 11.0 Å². The van der Waals surface area contributed by atoms with Crippen molar-refractivity contribution in [3.05, 3.63) is 105 Å². The smallest absolute Gasteiger partial charge is 0.290 e. The molecule has 0 atom stereocenters. The number of carbonyl (C=O) groups is 1. The van der Waals surface area contributed by atoms with Gasteiger partial charge in [-0.3, -0.25) is 9.59 Å². The minimum absolute atomic E-state index is 0.0216. The Kier molecular flexibility index (Phi) is 5.23. The lowest BCUT2D eigenvalue weighted by Crippen LogP contribution is -2.30. The predicted molar refractivity (Wildman–Crippen MR) is 111 cm³/mol. The van der Waals surface area contributed by atoms with E-state index in [1.165, 1.54) is 6.07 Å². The van der Waals surface area contributed by atoms with Gasteiger partial charge in [0.15, 0.2) is 11.2 Å². The van der Waals surface area contributed by atoms with Crippen LogP contribution < -0.4 is 5.43 Å². The molecule has 146 valence electrons. The SMILES string of the molecule is Cc1cc2oc(C(=O)N(Cc3ccccc3)Cc3ccco3)cc(=O)c2cc1Cl. The number of hydrogen-bond acceptors (Lipinski definition) is 4. The Morgan fingerprint density at radius 1 is 1.03 bits per heavy atom. The Labute approximate surface area is 172 Å². The highest BCUT2D eigenvalue weighted by molar-refractivity contribution is 6.32. The van der Waals surface area contributed by atoms with Crippen LogP contribution in [0.2, 0.25) is 5.02 Å². The van der Waals surface area contributed by atoms with Crippen molar-refractivity contribution in [2.24, 2.45) is 0 Å². The zero-order valence-electron chi connectivity index (χ0n) is 15.7. The fraction of sp³-hybridized carbons (Fsp3) is 0.130. The summed E-state index contributed by atoms with van der Waals surface area (Å²) in [4.78, 5) is 27.4. The summed E-state index contributed by atoms with van der Waals surface area (Å²) >= 11 is 6.12. The number of benzene rings is 2. The summed E-state index contributed by atoms with van der Waals surface area (Å²) in [6.45, 7) is 2.42. The average molecular weight is 408 g/mol. The molecule has 29 heavy (non-hydrogen) atoms. The number of carbonyl (C=O) groups excluding carboxylic acids is 1. The van der Waals surface area contributed by atoms with Gasteiger partial charge in [0.1, 0.15) is 11.3 Å². The minimum Gasteiger partial charge on any atom is -0.467 e. The number of halogens is 1. The molecule has 2 aromatic heterocycles. The summed E-state index contributed by atoms with van der Waals surface area (Å²) in [7, 11) is 0. The Hall–Kier alpha value is -3.31. The summed E-state index contributed by atoms with van der Waals surface area (Å²) in [5, 5.41) is 0.824.